The zero-order valence-electron chi connectivity index (χ0n) is 12.1. The van der Waals surface area contributed by atoms with E-state index in [1.807, 2.05) is 18.6 Å². The molecule has 1 fully saturated rings. The first-order valence-electron chi connectivity index (χ1n) is 7.20. The van der Waals surface area contributed by atoms with E-state index in [2.05, 4.69) is 33.9 Å². The number of nitrogens with zero attached hydrogens (tertiary/aromatic N) is 2. The first-order chi connectivity index (χ1) is 9.79. The van der Waals surface area contributed by atoms with Crippen LogP contribution < -0.4 is 10.1 Å². The lowest BCUT2D eigenvalue weighted by molar-refractivity contribution is 0.401. The average Bonchev–Trinajstić information content (AvgIpc) is 2.97. The normalized spacial score (nSPS) is 19.0. The van der Waals surface area contributed by atoms with Crippen molar-refractivity contribution in [3.8, 4) is 11.4 Å². The quantitative estimate of drug-likeness (QED) is 0.932. The zero-order valence-corrected chi connectivity index (χ0v) is 12.1. The molecule has 106 valence electrons. The topological polar surface area (TPSA) is 39.1 Å². The highest BCUT2D eigenvalue weighted by molar-refractivity contribution is 5.44. The maximum atomic E-state index is 5.33. The summed E-state index contributed by atoms with van der Waals surface area (Å²) < 4.78 is 7.50. The highest BCUT2D eigenvalue weighted by atomic mass is 16.5. The number of rotatable bonds is 3. The summed E-state index contributed by atoms with van der Waals surface area (Å²) in [6.07, 6.45) is 7.60. The molecule has 0 amide bonds. The van der Waals surface area contributed by atoms with E-state index in [0.717, 1.165) is 23.5 Å². The zero-order chi connectivity index (χ0) is 13.9. The van der Waals surface area contributed by atoms with Gasteiger partial charge < -0.3 is 14.6 Å². The van der Waals surface area contributed by atoms with Gasteiger partial charge in [0, 0.05) is 11.7 Å². The SMILES string of the molecule is COc1ccc(-n2cncc2C2CCCCN2)cc1C. The first kappa shape index (κ1) is 13.2. The van der Waals surface area contributed by atoms with Gasteiger partial charge in [-0.2, -0.15) is 0 Å². The largest absolute Gasteiger partial charge is 0.496 e. The van der Waals surface area contributed by atoms with E-state index in [9.17, 15) is 0 Å². The number of benzene rings is 1. The van der Waals surface area contributed by atoms with Crippen LogP contribution >= 0.6 is 0 Å². The van der Waals surface area contributed by atoms with Crippen molar-refractivity contribution in [2.24, 2.45) is 0 Å². The second-order valence-corrected chi connectivity index (χ2v) is 5.34. The van der Waals surface area contributed by atoms with Crippen LogP contribution in [0.3, 0.4) is 0 Å². The lowest BCUT2D eigenvalue weighted by Crippen LogP contribution is -2.28. The van der Waals surface area contributed by atoms with Crippen molar-refractivity contribution < 1.29 is 4.74 Å². The van der Waals surface area contributed by atoms with E-state index in [-0.39, 0.29) is 0 Å². The summed E-state index contributed by atoms with van der Waals surface area (Å²) in [5.41, 5.74) is 3.53. The molecule has 1 aromatic carbocycles. The van der Waals surface area contributed by atoms with Crippen LogP contribution in [0.15, 0.2) is 30.7 Å². The van der Waals surface area contributed by atoms with Crippen molar-refractivity contribution in [1.29, 1.82) is 0 Å². The third kappa shape index (κ3) is 2.43. The molecule has 1 aliphatic rings. The summed E-state index contributed by atoms with van der Waals surface area (Å²) in [5.74, 6) is 0.922. The molecule has 1 unspecified atom stereocenters. The van der Waals surface area contributed by atoms with Crippen molar-refractivity contribution in [2.75, 3.05) is 13.7 Å². The van der Waals surface area contributed by atoms with Gasteiger partial charge >= 0.3 is 0 Å². The standard InChI is InChI=1S/C16H21N3O/c1-12-9-13(6-7-16(12)20-2)19-11-17-10-15(19)14-5-3-4-8-18-14/h6-7,9-11,14,18H,3-5,8H2,1-2H3. The highest BCUT2D eigenvalue weighted by Gasteiger charge is 2.19. The number of imidazole rings is 1. The Labute approximate surface area is 119 Å². The molecular formula is C16H21N3O. The molecule has 1 saturated heterocycles. The van der Waals surface area contributed by atoms with Crippen molar-refractivity contribution in [1.82, 2.24) is 14.9 Å². The van der Waals surface area contributed by atoms with Gasteiger partial charge in [0.05, 0.1) is 25.3 Å². The molecule has 2 aromatic rings. The van der Waals surface area contributed by atoms with Gasteiger partial charge in [0.15, 0.2) is 0 Å². The number of aromatic nitrogens is 2. The molecule has 0 bridgehead atoms. The predicted molar refractivity (Wildman–Crippen MR) is 79.4 cm³/mol. The number of methoxy groups -OCH3 is 1. The molecular weight excluding hydrogens is 250 g/mol. The maximum absolute atomic E-state index is 5.33. The Balaban J connectivity index is 1.94. The van der Waals surface area contributed by atoms with Crippen molar-refractivity contribution in [3.63, 3.8) is 0 Å². The summed E-state index contributed by atoms with van der Waals surface area (Å²) in [7, 11) is 1.70. The van der Waals surface area contributed by atoms with Crippen LogP contribution in [0.4, 0.5) is 0 Å². The molecule has 1 N–H and O–H groups in total. The van der Waals surface area contributed by atoms with E-state index in [0.29, 0.717) is 6.04 Å². The van der Waals surface area contributed by atoms with E-state index in [1.54, 1.807) is 7.11 Å². The van der Waals surface area contributed by atoms with Gasteiger partial charge in [-0.05, 0) is 50.1 Å². The maximum Gasteiger partial charge on any atom is 0.121 e. The second-order valence-electron chi connectivity index (χ2n) is 5.34. The Bertz CT molecular complexity index is 585. The van der Waals surface area contributed by atoms with Crippen LogP contribution in [0, 0.1) is 6.92 Å². The minimum atomic E-state index is 0.411. The molecule has 1 atom stereocenters. The number of aryl methyl sites for hydroxylation is 1. The van der Waals surface area contributed by atoms with Crippen molar-refractivity contribution in [3.05, 3.63) is 42.0 Å². The van der Waals surface area contributed by atoms with Gasteiger partial charge in [-0.1, -0.05) is 6.42 Å². The molecule has 1 aromatic heterocycles. The third-order valence-electron chi connectivity index (χ3n) is 3.99. The van der Waals surface area contributed by atoms with Crippen molar-refractivity contribution >= 4 is 0 Å². The fourth-order valence-corrected chi connectivity index (χ4v) is 2.90. The number of hydrogen-bond acceptors (Lipinski definition) is 3. The van der Waals surface area contributed by atoms with Crippen LogP contribution in [0.2, 0.25) is 0 Å². The second kappa shape index (κ2) is 5.67. The van der Waals surface area contributed by atoms with Gasteiger partial charge in [-0.25, -0.2) is 4.98 Å². The number of nitrogens with one attached hydrogen (secondary N) is 1. The molecule has 4 heteroatoms. The van der Waals surface area contributed by atoms with E-state index < -0.39 is 0 Å². The molecule has 0 spiro atoms. The Morgan fingerprint density at radius 2 is 2.25 bits per heavy atom. The van der Waals surface area contributed by atoms with Crippen LogP contribution in [-0.2, 0) is 0 Å². The number of piperidine rings is 1. The predicted octanol–water partition coefficient (Wildman–Crippen LogP) is 3.00. The van der Waals surface area contributed by atoms with Crippen LogP contribution in [0.5, 0.6) is 5.75 Å². The van der Waals surface area contributed by atoms with Gasteiger partial charge in [-0.15, -0.1) is 0 Å². The first-order valence-corrected chi connectivity index (χ1v) is 7.20. The summed E-state index contributed by atoms with van der Waals surface area (Å²) in [5, 5.41) is 3.58. The minimum Gasteiger partial charge on any atom is -0.496 e. The van der Waals surface area contributed by atoms with Crippen molar-refractivity contribution in [2.45, 2.75) is 32.2 Å². The Morgan fingerprint density at radius 3 is 2.95 bits per heavy atom. The average molecular weight is 271 g/mol. The van der Waals surface area contributed by atoms with Gasteiger partial charge in [0.25, 0.3) is 0 Å². The Morgan fingerprint density at radius 1 is 1.35 bits per heavy atom. The van der Waals surface area contributed by atoms with E-state index in [1.165, 1.54) is 25.0 Å². The fraction of sp³-hybridized carbons (Fsp3) is 0.438. The lowest BCUT2D eigenvalue weighted by Gasteiger charge is -2.24. The molecule has 1 aliphatic heterocycles. The minimum absolute atomic E-state index is 0.411. The number of ether oxygens (including phenoxy) is 1. The van der Waals surface area contributed by atoms with Crippen LogP contribution in [-0.4, -0.2) is 23.2 Å². The van der Waals surface area contributed by atoms with Gasteiger partial charge in [0.2, 0.25) is 0 Å². The molecule has 2 heterocycles. The Hall–Kier alpha value is -1.81. The smallest absolute Gasteiger partial charge is 0.121 e. The molecule has 0 aliphatic carbocycles. The Kier molecular flexibility index (Phi) is 3.74. The molecule has 0 radical (unpaired) electrons. The molecule has 0 saturated carbocycles. The molecule has 4 nitrogen and oxygen atoms in total. The monoisotopic (exact) mass is 271 g/mol. The molecule has 20 heavy (non-hydrogen) atoms. The molecule has 3 rings (SSSR count). The lowest BCUT2D eigenvalue weighted by atomic mass is 10.0. The van der Waals surface area contributed by atoms with E-state index in [4.69, 9.17) is 4.74 Å². The third-order valence-corrected chi connectivity index (χ3v) is 3.99. The van der Waals surface area contributed by atoms with Crippen LogP contribution in [0.1, 0.15) is 36.6 Å². The summed E-state index contributed by atoms with van der Waals surface area (Å²) in [6, 6.07) is 6.66. The summed E-state index contributed by atoms with van der Waals surface area (Å²) >= 11 is 0. The van der Waals surface area contributed by atoms with Gasteiger partial charge in [-0.3, -0.25) is 0 Å². The summed E-state index contributed by atoms with van der Waals surface area (Å²) in [6.45, 7) is 3.16. The number of hydrogen-bond donors (Lipinski definition) is 1. The summed E-state index contributed by atoms with van der Waals surface area (Å²) in [4.78, 5) is 4.34. The highest BCUT2D eigenvalue weighted by Crippen LogP contribution is 2.27. The van der Waals surface area contributed by atoms with Crippen LogP contribution in [0.25, 0.3) is 5.69 Å². The van der Waals surface area contributed by atoms with Gasteiger partial charge in [0.1, 0.15) is 5.75 Å². The van der Waals surface area contributed by atoms with E-state index >= 15 is 0 Å². The fourth-order valence-electron chi connectivity index (χ4n) is 2.90.